The van der Waals surface area contributed by atoms with Crippen LogP contribution in [-0.4, -0.2) is 31.3 Å². The highest BCUT2D eigenvalue weighted by molar-refractivity contribution is 7.15. The fourth-order valence-electron chi connectivity index (χ4n) is 1.40. The number of nitrogens with zero attached hydrogens (tertiary/aromatic N) is 1. The summed E-state index contributed by atoms with van der Waals surface area (Å²) < 4.78 is 14.4. The topological polar surface area (TPSA) is 90.7 Å². The first-order chi connectivity index (χ1) is 9.63. The molecule has 0 radical (unpaired) electrons. The maximum absolute atomic E-state index is 11.9. The summed E-state index contributed by atoms with van der Waals surface area (Å²) in [4.78, 5) is 23.9. The van der Waals surface area contributed by atoms with Crippen LogP contribution in [0, 0.1) is 0 Å². The summed E-state index contributed by atoms with van der Waals surface area (Å²) in [6, 6.07) is 4.69. The maximum Gasteiger partial charge on any atom is 0.348 e. The molecule has 0 aliphatic heterocycles. The highest BCUT2D eigenvalue weighted by Gasteiger charge is 2.14. The Labute approximate surface area is 118 Å². The van der Waals surface area contributed by atoms with E-state index >= 15 is 0 Å². The van der Waals surface area contributed by atoms with E-state index in [1.807, 2.05) is 0 Å². The second kappa shape index (κ2) is 6.20. The number of hydrogen-bond acceptors (Lipinski definition) is 7. The third-order valence-corrected chi connectivity index (χ3v) is 3.45. The van der Waals surface area contributed by atoms with E-state index in [4.69, 9.17) is 9.26 Å². The number of ether oxygens (including phenoxy) is 2. The van der Waals surface area contributed by atoms with Gasteiger partial charge in [0.25, 0.3) is 11.8 Å². The van der Waals surface area contributed by atoms with Gasteiger partial charge in [-0.25, -0.2) is 4.79 Å². The quantitative estimate of drug-likeness (QED) is 0.840. The lowest BCUT2D eigenvalue weighted by Crippen LogP contribution is -2.21. The number of thiophene rings is 1. The summed E-state index contributed by atoms with van der Waals surface area (Å²) in [5, 5.41) is 6.27. The number of rotatable bonds is 5. The molecular weight excluding hydrogens is 284 g/mol. The Kier molecular flexibility index (Phi) is 4.36. The van der Waals surface area contributed by atoms with Gasteiger partial charge in [-0.2, -0.15) is 0 Å². The molecule has 106 valence electrons. The first kappa shape index (κ1) is 14.1. The number of methoxy groups -OCH3 is 2. The van der Waals surface area contributed by atoms with Crippen LogP contribution < -0.4 is 10.1 Å². The lowest BCUT2D eigenvalue weighted by atomic mass is 10.4. The Balaban J connectivity index is 1.94. The van der Waals surface area contributed by atoms with Crippen molar-refractivity contribution in [1.29, 1.82) is 0 Å². The molecule has 0 bridgehead atoms. The first-order valence-corrected chi connectivity index (χ1v) is 6.41. The van der Waals surface area contributed by atoms with Gasteiger partial charge in [-0.1, -0.05) is 0 Å². The minimum atomic E-state index is -0.464. The molecule has 0 aliphatic rings. The van der Waals surface area contributed by atoms with E-state index in [2.05, 4.69) is 15.2 Å². The number of carbonyl (C=O) groups is 2. The van der Waals surface area contributed by atoms with E-state index in [0.29, 0.717) is 21.4 Å². The summed E-state index contributed by atoms with van der Waals surface area (Å²) >= 11 is 1.06. The van der Waals surface area contributed by atoms with Crippen LogP contribution >= 0.6 is 11.3 Å². The number of carbonyl (C=O) groups excluding carboxylic acids is 2. The van der Waals surface area contributed by atoms with Crippen molar-refractivity contribution in [2.75, 3.05) is 14.2 Å². The summed E-state index contributed by atoms with van der Waals surface area (Å²) in [6.07, 6.45) is 0. The van der Waals surface area contributed by atoms with Crippen molar-refractivity contribution in [2.24, 2.45) is 0 Å². The van der Waals surface area contributed by atoms with Crippen molar-refractivity contribution < 1.29 is 23.6 Å². The van der Waals surface area contributed by atoms with Crippen molar-refractivity contribution in [3.05, 3.63) is 33.7 Å². The third kappa shape index (κ3) is 3.15. The van der Waals surface area contributed by atoms with Crippen LogP contribution in [0.25, 0.3) is 0 Å². The Morgan fingerprint density at radius 1 is 1.35 bits per heavy atom. The summed E-state index contributed by atoms with van der Waals surface area (Å²) in [6.45, 7) is 0.181. The van der Waals surface area contributed by atoms with Gasteiger partial charge in [-0.15, -0.1) is 11.3 Å². The largest absolute Gasteiger partial charge is 0.479 e. The van der Waals surface area contributed by atoms with Gasteiger partial charge < -0.3 is 19.3 Å². The van der Waals surface area contributed by atoms with Crippen molar-refractivity contribution in [3.8, 4) is 5.88 Å². The van der Waals surface area contributed by atoms with E-state index < -0.39 is 5.97 Å². The van der Waals surface area contributed by atoms with Crippen LogP contribution in [0.1, 0.15) is 25.1 Å². The highest BCUT2D eigenvalue weighted by atomic mass is 32.1. The van der Waals surface area contributed by atoms with Gasteiger partial charge in [-0.05, 0) is 17.3 Å². The number of nitrogens with one attached hydrogen (secondary N) is 1. The fraction of sp³-hybridized carbons (Fsp3) is 0.250. The monoisotopic (exact) mass is 296 g/mol. The summed E-state index contributed by atoms with van der Waals surface area (Å²) in [7, 11) is 2.76. The molecule has 0 spiro atoms. The normalized spacial score (nSPS) is 10.1. The molecule has 0 saturated heterocycles. The second-order valence-electron chi connectivity index (χ2n) is 3.67. The van der Waals surface area contributed by atoms with Gasteiger partial charge in [0.2, 0.25) is 0 Å². The van der Waals surface area contributed by atoms with E-state index in [9.17, 15) is 9.59 Å². The molecule has 20 heavy (non-hydrogen) atoms. The van der Waals surface area contributed by atoms with Gasteiger partial charge in [0, 0.05) is 6.07 Å². The lowest BCUT2D eigenvalue weighted by Gasteiger charge is -1.99. The zero-order chi connectivity index (χ0) is 14.5. The highest BCUT2D eigenvalue weighted by Crippen LogP contribution is 2.17. The molecule has 0 aromatic carbocycles. The molecule has 1 amide bonds. The minimum Gasteiger partial charge on any atom is -0.479 e. The molecule has 1 N–H and O–H groups in total. The molecule has 2 heterocycles. The van der Waals surface area contributed by atoms with Crippen molar-refractivity contribution in [3.63, 3.8) is 0 Å². The van der Waals surface area contributed by atoms with E-state index in [1.54, 1.807) is 18.2 Å². The van der Waals surface area contributed by atoms with Gasteiger partial charge in [0.15, 0.2) is 5.76 Å². The van der Waals surface area contributed by atoms with Crippen LogP contribution in [-0.2, 0) is 11.3 Å². The molecule has 2 aromatic heterocycles. The first-order valence-electron chi connectivity index (χ1n) is 5.60. The molecule has 0 saturated carbocycles. The Morgan fingerprint density at radius 3 is 2.75 bits per heavy atom. The fourth-order valence-corrected chi connectivity index (χ4v) is 2.24. The van der Waals surface area contributed by atoms with Crippen LogP contribution in [0.2, 0.25) is 0 Å². The number of hydrogen-bond donors (Lipinski definition) is 1. The Hall–Kier alpha value is -2.35. The van der Waals surface area contributed by atoms with Gasteiger partial charge in [0.1, 0.15) is 4.88 Å². The van der Waals surface area contributed by atoms with Crippen molar-refractivity contribution >= 4 is 23.2 Å². The summed E-state index contributed by atoms with van der Waals surface area (Å²) in [5.74, 6) is 0.0489. The third-order valence-electron chi connectivity index (χ3n) is 2.39. The Bertz CT molecular complexity index is 619. The molecule has 0 unspecified atom stereocenters. The predicted molar refractivity (Wildman–Crippen MR) is 69.9 cm³/mol. The molecule has 7 nitrogen and oxygen atoms in total. The van der Waals surface area contributed by atoms with Crippen LogP contribution in [0.4, 0.5) is 0 Å². The van der Waals surface area contributed by atoms with Crippen LogP contribution in [0.3, 0.4) is 0 Å². The zero-order valence-corrected chi connectivity index (χ0v) is 11.7. The number of aromatic nitrogens is 1. The van der Waals surface area contributed by atoms with Crippen LogP contribution in [0.15, 0.2) is 22.7 Å². The van der Waals surface area contributed by atoms with Gasteiger partial charge in [-0.3, -0.25) is 4.79 Å². The molecule has 2 rings (SSSR count). The number of esters is 1. The van der Waals surface area contributed by atoms with Gasteiger partial charge in [0.05, 0.1) is 25.6 Å². The predicted octanol–water partition coefficient (Wildman–Crippen LogP) is 1.46. The maximum atomic E-state index is 11.9. The molecule has 8 heteroatoms. The smallest absolute Gasteiger partial charge is 0.348 e. The second-order valence-corrected chi connectivity index (χ2v) is 4.76. The molecular formula is C12H12N2O5S. The molecule has 0 fully saturated rings. The standard InChI is InChI=1S/C12H12N2O5S/c1-17-10-5-7(19-14-10)6-13-11(15)8-3-4-9(20-8)12(16)18-2/h3-5H,6H2,1-2H3,(H,13,15). The SMILES string of the molecule is COC(=O)c1ccc(C(=O)NCc2cc(OC)no2)s1. The number of amides is 1. The average Bonchev–Trinajstić information content (AvgIpc) is 3.12. The van der Waals surface area contributed by atoms with E-state index in [1.165, 1.54) is 14.2 Å². The average molecular weight is 296 g/mol. The summed E-state index contributed by atoms with van der Waals surface area (Å²) in [5.41, 5.74) is 0. The van der Waals surface area contributed by atoms with E-state index in [0.717, 1.165) is 11.3 Å². The molecule has 2 aromatic rings. The molecule has 0 atom stereocenters. The molecule has 0 aliphatic carbocycles. The van der Waals surface area contributed by atoms with Gasteiger partial charge >= 0.3 is 5.97 Å². The Morgan fingerprint density at radius 2 is 2.10 bits per heavy atom. The van der Waals surface area contributed by atoms with Crippen LogP contribution in [0.5, 0.6) is 5.88 Å². The zero-order valence-electron chi connectivity index (χ0n) is 10.8. The van der Waals surface area contributed by atoms with Crippen molar-refractivity contribution in [1.82, 2.24) is 10.5 Å². The lowest BCUT2D eigenvalue weighted by molar-refractivity contribution is 0.0606. The minimum absolute atomic E-state index is 0.181. The van der Waals surface area contributed by atoms with Crippen molar-refractivity contribution in [2.45, 2.75) is 6.54 Å². The van der Waals surface area contributed by atoms with E-state index in [-0.39, 0.29) is 12.5 Å².